The molecule has 2 aliphatic rings. The van der Waals surface area contributed by atoms with E-state index in [0.717, 1.165) is 24.2 Å². The Labute approximate surface area is 108 Å². The van der Waals surface area contributed by atoms with Gasteiger partial charge in [-0.2, -0.15) is 0 Å². The first kappa shape index (κ1) is 12.0. The van der Waals surface area contributed by atoms with Crippen molar-refractivity contribution < 1.29 is 9.84 Å². The van der Waals surface area contributed by atoms with Gasteiger partial charge in [-0.3, -0.25) is 0 Å². The molecule has 0 amide bonds. The number of hydrogen-bond acceptors (Lipinski definition) is 3. The molecular formula is C15H21NO2. The van der Waals surface area contributed by atoms with E-state index in [1.165, 1.54) is 12.8 Å². The number of benzene rings is 1. The topological polar surface area (TPSA) is 32.7 Å². The van der Waals surface area contributed by atoms with Gasteiger partial charge in [-0.05, 0) is 50.4 Å². The molecule has 2 heterocycles. The summed E-state index contributed by atoms with van der Waals surface area (Å²) < 4.78 is 5.17. The van der Waals surface area contributed by atoms with E-state index in [1.54, 1.807) is 7.11 Å². The fourth-order valence-electron chi connectivity index (χ4n) is 3.58. The monoisotopic (exact) mass is 247 g/mol. The van der Waals surface area contributed by atoms with E-state index >= 15 is 0 Å². The van der Waals surface area contributed by atoms with E-state index in [1.807, 2.05) is 24.3 Å². The maximum Gasteiger partial charge on any atom is 0.118 e. The van der Waals surface area contributed by atoms with Crippen LogP contribution in [0.1, 0.15) is 31.2 Å². The second kappa shape index (κ2) is 4.25. The summed E-state index contributed by atoms with van der Waals surface area (Å²) in [5.74, 6) is 0.846. The lowest BCUT2D eigenvalue weighted by atomic mass is 9.81. The molecule has 1 aromatic carbocycles. The Morgan fingerprint density at radius 2 is 1.72 bits per heavy atom. The summed E-state index contributed by atoms with van der Waals surface area (Å²) in [5.41, 5.74) is 0.387. The Hall–Kier alpha value is -1.06. The van der Waals surface area contributed by atoms with Crippen LogP contribution in [0.4, 0.5) is 0 Å². The maximum atomic E-state index is 10.9. The van der Waals surface area contributed by atoms with Crippen molar-refractivity contribution >= 4 is 0 Å². The molecule has 3 heteroatoms. The van der Waals surface area contributed by atoms with Crippen molar-refractivity contribution in [3.8, 4) is 5.75 Å². The van der Waals surface area contributed by atoms with E-state index in [2.05, 4.69) is 11.9 Å². The molecule has 1 unspecified atom stereocenters. The summed E-state index contributed by atoms with van der Waals surface area (Å²) >= 11 is 0. The number of fused-ring (bicyclic) bond motifs is 2. The van der Waals surface area contributed by atoms with Crippen LogP contribution < -0.4 is 4.74 Å². The molecule has 0 aliphatic carbocycles. The molecule has 0 radical (unpaired) electrons. The first-order valence-electron chi connectivity index (χ1n) is 6.71. The highest BCUT2D eigenvalue weighted by Crippen LogP contribution is 2.44. The van der Waals surface area contributed by atoms with Gasteiger partial charge < -0.3 is 14.7 Å². The number of piperidine rings is 1. The van der Waals surface area contributed by atoms with Crippen LogP contribution in [-0.4, -0.2) is 36.2 Å². The summed E-state index contributed by atoms with van der Waals surface area (Å²) in [6.45, 7) is 0. The van der Waals surface area contributed by atoms with Crippen molar-refractivity contribution in [2.45, 2.75) is 43.4 Å². The van der Waals surface area contributed by atoms with Crippen molar-refractivity contribution in [1.82, 2.24) is 4.90 Å². The quantitative estimate of drug-likeness (QED) is 0.869. The van der Waals surface area contributed by atoms with Gasteiger partial charge in [0.05, 0.1) is 12.7 Å². The van der Waals surface area contributed by atoms with Gasteiger partial charge in [-0.1, -0.05) is 12.1 Å². The molecule has 2 aliphatic heterocycles. The summed E-state index contributed by atoms with van der Waals surface area (Å²) in [7, 11) is 3.86. The molecule has 2 bridgehead atoms. The Kier molecular flexibility index (Phi) is 2.83. The Bertz CT molecular complexity index is 415. The van der Waals surface area contributed by atoms with E-state index in [0.29, 0.717) is 12.1 Å². The highest BCUT2D eigenvalue weighted by atomic mass is 16.5. The third-order valence-electron chi connectivity index (χ3n) is 4.76. The van der Waals surface area contributed by atoms with Crippen LogP contribution in [0.2, 0.25) is 0 Å². The van der Waals surface area contributed by atoms with Crippen molar-refractivity contribution in [1.29, 1.82) is 0 Å². The zero-order valence-electron chi connectivity index (χ0n) is 11.1. The van der Waals surface area contributed by atoms with Crippen molar-refractivity contribution in [3.05, 3.63) is 29.8 Å². The molecule has 0 saturated carbocycles. The molecule has 3 nitrogen and oxygen atoms in total. The van der Waals surface area contributed by atoms with E-state index in [4.69, 9.17) is 4.74 Å². The van der Waals surface area contributed by atoms with Crippen LogP contribution in [0.3, 0.4) is 0 Å². The van der Waals surface area contributed by atoms with Gasteiger partial charge in [0.25, 0.3) is 0 Å². The fraction of sp³-hybridized carbons (Fsp3) is 0.600. The van der Waals surface area contributed by atoms with Gasteiger partial charge in [0.15, 0.2) is 0 Å². The number of rotatable bonds is 2. The largest absolute Gasteiger partial charge is 0.497 e. The van der Waals surface area contributed by atoms with Crippen LogP contribution in [-0.2, 0) is 5.60 Å². The minimum Gasteiger partial charge on any atom is -0.497 e. The molecule has 2 fully saturated rings. The van der Waals surface area contributed by atoms with E-state index in [9.17, 15) is 5.11 Å². The molecule has 0 spiro atoms. The van der Waals surface area contributed by atoms with Gasteiger partial charge in [0.1, 0.15) is 5.75 Å². The van der Waals surface area contributed by atoms with Crippen LogP contribution in [0.15, 0.2) is 24.3 Å². The minimum atomic E-state index is -0.648. The second-order valence-electron chi connectivity index (χ2n) is 5.72. The number of aliphatic hydroxyl groups is 1. The van der Waals surface area contributed by atoms with Gasteiger partial charge in [0, 0.05) is 12.1 Å². The molecule has 3 rings (SSSR count). The normalized spacial score (nSPS) is 35.7. The standard InChI is InChI=1S/C15H21NO2/c1-16-12-5-6-13(16)10-15(17,9-12)11-3-7-14(18-2)8-4-11/h3-4,7-8,12-13,17H,5-6,9-10H2,1-2H3/t12-,13+,15?. The SMILES string of the molecule is COc1ccc(C2(O)C[C@H]3CC[C@@H](C2)N3C)cc1. The van der Waals surface area contributed by atoms with Gasteiger partial charge in [-0.25, -0.2) is 0 Å². The minimum absolute atomic E-state index is 0.538. The fourth-order valence-corrected chi connectivity index (χ4v) is 3.58. The number of methoxy groups -OCH3 is 1. The van der Waals surface area contributed by atoms with Crippen LogP contribution in [0.25, 0.3) is 0 Å². The van der Waals surface area contributed by atoms with Crippen molar-refractivity contribution in [2.75, 3.05) is 14.2 Å². The average molecular weight is 247 g/mol. The third-order valence-corrected chi connectivity index (χ3v) is 4.76. The highest BCUT2D eigenvalue weighted by molar-refractivity contribution is 5.32. The molecule has 3 atom stereocenters. The van der Waals surface area contributed by atoms with Gasteiger partial charge >= 0.3 is 0 Å². The Balaban J connectivity index is 1.86. The Morgan fingerprint density at radius 1 is 1.17 bits per heavy atom. The van der Waals surface area contributed by atoms with Crippen LogP contribution >= 0.6 is 0 Å². The predicted molar refractivity (Wildman–Crippen MR) is 70.7 cm³/mol. The second-order valence-corrected chi connectivity index (χ2v) is 5.72. The number of ether oxygens (including phenoxy) is 1. The molecule has 18 heavy (non-hydrogen) atoms. The first-order chi connectivity index (χ1) is 8.62. The smallest absolute Gasteiger partial charge is 0.118 e. The van der Waals surface area contributed by atoms with Crippen molar-refractivity contribution in [3.63, 3.8) is 0 Å². The zero-order valence-corrected chi connectivity index (χ0v) is 11.1. The lowest BCUT2D eigenvalue weighted by Gasteiger charge is -2.42. The average Bonchev–Trinajstić information content (AvgIpc) is 2.63. The summed E-state index contributed by atoms with van der Waals surface area (Å²) in [4.78, 5) is 2.44. The van der Waals surface area contributed by atoms with Crippen LogP contribution in [0, 0.1) is 0 Å². The van der Waals surface area contributed by atoms with Gasteiger partial charge in [-0.15, -0.1) is 0 Å². The molecule has 2 saturated heterocycles. The zero-order chi connectivity index (χ0) is 12.8. The summed E-state index contributed by atoms with van der Waals surface area (Å²) in [6, 6.07) is 8.96. The Morgan fingerprint density at radius 3 is 2.22 bits per heavy atom. The predicted octanol–water partition coefficient (Wildman–Crippen LogP) is 2.14. The van der Waals surface area contributed by atoms with Gasteiger partial charge in [0.2, 0.25) is 0 Å². The lowest BCUT2D eigenvalue weighted by Crippen LogP contribution is -2.47. The molecule has 1 N–H and O–H groups in total. The highest BCUT2D eigenvalue weighted by Gasteiger charge is 2.46. The number of nitrogens with zero attached hydrogens (tertiary/aromatic N) is 1. The van der Waals surface area contributed by atoms with Crippen LogP contribution in [0.5, 0.6) is 5.75 Å². The van der Waals surface area contributed by atoms with Crippen molar-refractivity contribution in [2.24, 2.45) is 0 Å². The number of hydrogen-bond donors (Lipinski definition) is 1. The maximum absolute atomic E-state index is 10.9. The summed E-state index contributed by atoms with van der Waals surface area (Å²) in [5, 5.41) is 10.9. The molecule has 98 valence electrons. The first-order valence-corrected chi connectivity index (χ1v) is 6.71. The molecule has 1 aromatic rings. The van der Waals surface area contributed by atoms with E-state index < -0.39 is 5.60 Å². The van der Waals surface area contributed by atoms with E-state index in [-0.39, 0.29) is 0 Å². The summed E-state index contributed by atoms with van der Waals surface area (Å²) in [6.07, 6.45) is 4.15. The lowest BCUT2D eigenvalue weighted by molar-refractivity contribution is -0.0493. The molecular weight excluding hydrogens is 226 g/mol. The third kappa shape index (κ3) is 1.82. The molecule has 0 aromatic heterocycles.